The molecule has 0 aliphatic rings. The van der Waals surface area contributed by atoms with Crippen LogP contribution in [-0.4, -0.2) is 34.7 Å². The fourth-order valence-electron chi connectivity index (χ4n) is 2.38. The third-order valence-electron chi connectivity index (χ3n) is 3.89. The normalized spacial score (nSPS) is 11.2. The van der Waals surface area contributed by atoms with Gasteiger partial charge in [-0.2, -0.15) is 4.98 Å². The van der Waals surface area contributed by atoms with Crippen LogP contribution >= 0.6 is 35.6 Å². The smallest absolute Gasteiger partial charge is 0.228 e. The maximum Gasteiger partial charge on any atom is 0.228 e. The summed E-state index contributed by atoms with van der Waals surface area (Å²) in [5, 5.41) is 11.0. The van der Waals surface area contributed by atoms with Crippen LogP contribution in [0.4, 0.5) is 0 Å². The Morgan fingerprint density at radius 3 is 2.68 bits per heavy atom. The third-order valence-corrected chi connectivity index (χ3v) is 4.12. The Labute approximate surface area is 185 Å². The Balaban J connectivity index is 0.00000280. The maximum atomic E-state index is 5.99. The van der Waals surface area contributed by atoms with Gasteiger partial charge in [0.1, 0.15) is 5.76 Å². The summed E-state index contributed by atoms with van der Waals surface area (Å²) >= 11 is 5.99. The van der Waals surface area contributed by atoms with Crippen LogP contribution in [0.25, 0.3) is 11.4 Å². The van der Waals surface area contributed by atoms with Gasteiger partial charge in [0.25, 0.3) is 0 Å². The quantitative estimate of drug-likeness (QED) is 0.294. The van der Waals surface area contributed by atoms with Crippen LogP contribution in [0.15, 0.2) is 38.2 Å². The van der Waals surface area contributed by atoms with Crippen molar-refractivity contribution in [1.29, 1.82) is 0 Å². The highest BCUT2D eigenvalue weighted by molar-refractivity contribution is 14.0. The molecule has 0 aliphatic carbocycles. The van der Waals surface area contributed by atoms with Gasteiger partial charge in [-0.05, 0) is 26.0 Å². The summed E-state index contributed by atoms with van der Waals surface area (Å²) in [7, 11) is 1.70. The van der Waals surface area contributed by atoms with Gasteiger partial charge in [0, 0.05) is 30.6 Å². The molecule has 0 aliphatic heterocycles. The van der Waals surface area contributed by atoms with Gasteiger partial charge in [0.2, 0.25) is 17.6 Å². The Kier molecular flexibility index (Phi) is 8.24. The lowest BCUT2D eigenvalue weighted by Gasteiger charge is -2.09. The molecule has 0 unspecified atom stereocenters. The molecule has 28 heavy (non-hydrogen) atoms. The van der Waals surface area contributed by atoms with Crippen molar-refractivity contribution in [1.82, 2.24) is 25.8 Å². The number of halogens is 2. The number of oxazole rings is 1. The molecular weight excluding hydrogens is 495 g/mol. The van der Waals surface area contributed by atoms with Crippen LogP contribution in [0.5, 0.6) is 0 Å². The molecule has 0 radical (unpaired) electrons. The molecule has 0 fully saturated rings. The van der Waals surface area contributed by atoms with Crippen molar-refractivity contribution in [2.24, 2.45) is 4.99 Å². The van der Waals surface area contributed by atoms with E-state index in [2.05, 4.69) is 30.8 Å². The number of nitrogens with zero attached hydrogens (tertiary/aromatic N) is 4. The lowest BCUT2D eigenvalue weighted by atomic mass is 10.2. The summed E-state index contributed by atoms with van der Waals surface area (Å²) in [6, 6.07) is 7.33. The van der Waals surface area contributed by atoms with Crippen molar-refractivity contribution in [3.8, 4) is 11.4 Å². The molecule has 2 N–H and O–H groups in total. The maximum absolute atomic E-state index is 5.99. The topological polar surface area (TPSA) is 101 Å². The minimum absolute atomic E-state index is 0. The second-order valence-electron chi connectivity index (χ2n) is 5.87. The molecule has 3 aromatic rings. The summed E-state index contributed by atoms with van der Waals surface area (Å²) in [5.41, 5.74) is 1.71. The molecule has 0 atom stereocenters. The van der Waals surface area contributed by atoms with Crippen molar-refractivity contribution >= 4 is 41.5 Å². The first-order valence-corrected chi connectivity index (χ1v) is 8.89. The molecule has 0 spiro atoms. The van der Waals surface area contributed by atoms with Gasteiger partial charge in [-0.3, -0.25) is 4.99 Å². The van der Waals surface area contributed by atoms with E-state index in [1.165, 1.54) is 0 Å². The zero-order chi connectivity index (χ0) is 19.2. The minimum Gasteiger partial charge on any atom is -0.444 e. The number of aryl methyl sites for hydroxylation is 2. The van der Waals surface area contributed by atoms with Crippen LogP contribution in [0.1, 0.15) is 23.2 Å². The van der Waals surface area contributed by atoms with Crippen LogP contribution in [-0.2, 0) is 13.0 Å². The summed E-state index contributed by atoms with van der Waals surface area (Å²) < 4.78 is 10.8. The van der Waals surface area contributed by atoms with E-state index in [0.29, 0.717) is 48.1 Å². The van der Waals surface area contributed by atoms with Gasteiger partial charge < -0.3 is 19.6 Å². The molecule has 0 saturated heterocycles. The number of benzene rings is 1. The molecule has 10 heteroatoms. The number of hydrogen-bond donors (Lipinski definition) is 2. The van der Waals surface area contributed by atoms with E-state index in [-0.39, 0.29) is 24.0 Å². The van der Waals surface area contributed by atoms with Gasteiger partial charge in [0.05, 0.1) is 12.2 Å². The number of hydrogen-bond acceptors (Lipinski definition) is 6. The predicted molar refractivity (Wildman–Crippen MR) is 118 cm³/mol. The summed E-state index contributed by atoms with van der Waals surface area (Å²) in [6.07, 6.45) is 0.561. The van der Waals surface area contributed by atoms with Crippen molar-refractivity contribution in [2.45, 2.75) is 26.8 Å². The summed E-state index contributed by atoms with van der Waals surface area (Å²) in [5.74, 6) is 3.13. The Bertz CT molecular complexity index is 920. The van der Waals surface area contributed by atoms with Gasteiger partial charge >= 0.3 is 0 Å². The van der Waals surface area contributed by atoms with E-state index in [4.69, 9.17) is 20.5 Å². The number of rotatable bonds is 6. The molecule has 0 bridgehead atoms. The average molecular weight is 517 g/mol. The van der Waals surface area contributed by atoms with E-state index in [9.17, 15) is 0 Å². The number of aliphatic imine (C=N–C) groups is 1. The highest BCUT2D eigenvalue weighted by Gasteiger charge is 2.10. The molecule has 150 valence electrons. The van der Waals surface area contributed by atoms with E-state index < -0.39 is 0 Å². The first-order chi connectivity index (χ1) is 13.0. The lowest BCUT2D eigenvalue weighted by molar-refractivity contribution is 0.378. The highest BCUT2D eigenvalue weighted by Crippen LogP contribution is 2.19. The van der Waals surface area contributed by atoms with Crippen molar-refractivity contribution in [3.63, 3.8) is 0 Å². The largest absolute Gasteiger partial charge is 0.444 e. The highest BCUT2D eigenvalue weighted by atomic mass is 127. The van der Waals surface area contributed by atoms with E-state index >= 15 is 0 Å². The summed E-state index contributed by atoms with van der Waals surface area (Å²) in [4.78, 5) is 12.9. The predicted octanol–water partition coefficient (Wildman–Crippen LogP) is 3.52. The Morgan fingerprint density at radius 2 is 2.00 bits per heavy atom. The number of nitrogens with one attached hydrogen (secondary N) is 2. The molecule has 2 heterocycles. The van der Waals surface area contributed by atoms with Crippen LogP contribution in [0.2, 0.25) is 5.02 Å². The molecule has 0 amide bonds. The standard InChI is InChI=1S/C18H21ClN6O2.HI/c1-11-12(2)26-16(23-11)10-22-18(20-3)21-8-7-15-24-17(25-27-15)13-5-4-6-14(19)9-13;/h4-6,9H,7-8,10H2,1-3H3,(H2,20,21,22);1H. The first-order valence-electron chi connectivity index (χ1n) is 8.51. The zero-order valence-electron chi connectivity index (χ0n) is 15.8. The van der Waals surface area contributed by atoms with Crippen LogP contribution < -0.4 is 10.6 Å². The van der Waals surface area contributed by atoms with E-state index in [1.807, 2.05) is 26.0 Å². The lowest BCUT2D eigenvalue weighted by Crippen LogP contribution is -2.38. The second kappa shape index (κ2) is 10.4. The fraction of sp³-hybridized carbons (Fsp3) is 0.333. The van der Waals surface area contributed by atoms with Crippen molar-refractivity contribution < 1.29 is 8.94 Å². The molecule has 0 saturated carbocycles. The van der Waals surface area contributed by atoms with E-state index in [0.717, 1.165) is 17.0 Å². The van der Waals surface area contributed by atoms with E-state index in [1.54, 1.807) is 19.2 Å². The molecule has 8 nitrogen and oxygen atoms in total. The van der Waals surface area contributed by atoms with Gasteiger partial charge in [-0.25, -0.2) is 4.98 Å². The van der Waals surface area contributed by atoms with Crippen LogP contribution in [0.3, 0.4) is 0 Å². The second-order valence-corrected chi connectivity index (χ2v) is 6.31. The molecule has 3 rings (SSSR count). The van der Waals surface area contributed by atoms with Crippen molar-refractivity contribution in [2.75, 3.05) is 13.6 Å². The van der Waals surface area contributed by atoms with Gasteiger partial charge in [-0.15, -0.1) is 24.0 Å². The minimum atomic E-state index is 0. The third kappa shape index (κ3) is 5.93. The van der Waals surface area contributed by atoms with Gasteiger partial charge in [0.15, 0.2) is 5.96 Å². The Morgan fingerprint density at radius 1 is 1.18 bits per heavy atom. The monoisotopic (exact) mass is 516 g/mol. The fourth-order valence-corrected chi connectivity index (χ4v) is 2.57. The van der Waals surface area contributed by atoms with Crippen LogP contribution in [0, 0.1) is 13.8 Å². The first kappa shape index (κ1) is 22.2. The zero-order valence-corrected chi connectivity index (χ0v) is 18.9. The van der Waals surface area contributed by atoms with Gasteiger partial charge in [-0.1, -0.05) is 28.9 Å². The molecular formula is C18H22ClIN6O2. The molecule has 2 aromatic heterocycles. The average Bonchev–Trinajstić information content (AvgIpc) is 3.25. The summed E-state index contributed by atoms with van der Waals surface area (Å²) in [6.45, 7) is 4.84. The Hall–Kier alpha value is -2.14. The number of guanidine groups is 1. The van der Waals surface area contributed by atoms with Crippen molar-refractivity contribution in [3.05, 3.63) is 52.5 Å². The number of aromatic nitrogens is 3. The SMILES string of the molecule is CN=C(NCCc1nc(-c2cccc(Cl)c2)no1)NCc1nc(C)c(C)o1.I. The molecule has 1 aromatic carbocycles.